The van der Waals surface area contributed by atoms with Crippen molar-refractivity contribution in [1.82, 2.24) is 4.98 Å². The molecule has 0 spiro atoms. The highest BCUT2D eigenvalue weighted by atomic mass is 35.5. The van der Waals surface area contributed by atoms with Crippen LogP contribution in [-0.4, -0.2) is 4.98 Å². The van der Waals surface area contributed by atoms with E-state index in [2.05, 4.69) is 4.98 Å². The maximum Gasteiger partial charge on any atom is 0.0708 e. The predicted octanol–water partition coefficient (Wildman–Crippen LogP) is 3.23. The molecule has 1 aromatic carbocycles. The molecule has 74 valence electrons. The van der Waals surface area contributed by atoms with Crippen LogP contribution in [-0.2, 0) is 0 Å². The molecule has 0 radical (unpaired) electrons. The fourth-order valence-electron chi connectivity index (χ4n) is 1.59. The first kappa shape index (κ1) is 9.56. The van der Waals surface area contributed by atoms with Crippen molar-refractivity contribution in [2.45, 2.75) is 19.4 Å². The summed E-state index contributed by atoms with van der Waals surface area (Å²) < 4.78 is 0. The Morgan fingerprint density at radius 2 is 2.14 bits per heavy atom. The molecular formula is C11H13ClN2. The van der Waals surface area contributed by atoms with Crippen LogP contribution in [0.1, 0.15) is 25.1 Å². The summed E-state index contributed by atoms with van der Waals surface area (Å²) in [5, 5.41) is 1.81. The number of nitrogens with one attached hydrogen (secondary N) is 1. The number of H-pyrrole nitrogens is 1. The van der Waals surface area contributed by atoms with Gasteiger partial charge in [-0.25, -0.2) is 0 Å². The molecule has 2 nitrogen and oxygen atoms in total. The van der Waals surface area contributed by atoms with E-state index in [1.54, 1.807) is 0 Å². The predicted molar refractivity (Wildman–Crippen MR) is 60.5 cm³/mol. The molecule has 0 amide bonds. The molecule has 1 heterocycles. The molecule has 2 aromatic rings. The van der Waals surface area contributed by atoms with Crippen molar-refractivity contribution in [3.8, 4) is 0 Å². The van der Waals surface area contributed by atoms with Gasteiger partial charge in [0.25, 0.3) is 0 Å². The average molecular weight is 209 g/mol. The fourth-order valence-corrected chi connectivity index (χ4v) is 1.94. The van der Waals surface area contributed by atoms with E-state index in [1.807, 2.05) is 31.2 Å². The highest BCUT2D eigenvalue weighted by molar-refractivity contribution is 6.36. The zero-order chi connectivity index (χ0) is 10.1. The number of hydrogen-bond acceptors (Lipinski definition) is 1. The van der Waals surface area contributed by atoms with E-state index in [4.69, 9.17) is 17.3 Å². The van der Waals surface area contributed by atoms with Gasteiger partial charge in [-0.15, -0.1) is 0 Å². The lowest BCUT2D eigenvalue weighted by Gasteiger charge is -2.06. The average Bonchev–Trinajstić information content (AvgIpc) is 2.56. The van der Waals surface area contributed by atoms with Crippen LogP contribution in [0.25, 0.3) is 10.9 Å². The summed E-state index contributed by atoms with van der Waals surface area (Å²) in [4.78, 5) is 3.26. The molecule has 0 aliphatic rings. The molecule has 0 saturated heterocycles. The van der Waals surface area contributed by atoms with Crippen molar-refractivity contribution in [2.75, 3.05) is 0 Å². The minimum Gasteiger partial charge on any atom is -0.356 e. The second-order valence-corrected chi connectivity index (χ2v) is 3.79. The molecule has 3 heteroatoms. The number of rotatable bonds is 2. The van der Waals surface area contributed by atoms with Crippen molar-refractivity contribution in [3.63, 3.8) is 0 Å². The molecule has 0 aliphatic heterocycles. The van der Waals surface area contributed by atoms with Crippen molar-refractivity contribution in [1.29, 1.82) is 0 Å². The molecule has 0 aliphatic carbocycles. The maximum absolute atomic E-state index is 6.22. The Kier molecular flexibility index (Phi) is 2.48. The lowest BCUT2D eigenvalue weighted by molar-refractivity contribution is 0.682. The van der Waals surface area contributed by atoms with Crippen molar-refractivity contribution in [3.05, 3.63) is 35.0 Å². The quantitative estimate of drug-likeness (QED) is 0.782. The second kappa shape index (κ2) is 3.64. The number of benzene rings is 1. The molecule has 0 saturated carbocycles. The number of para-hydroxylation sites is 1. The molecule has 3 N–H and O–H groups in total. The third-order valence-electron chi connectivity index (χ3n) is 2.48. The van der Waals surface area contributed by atoms with Gasteiger partial charge >= 0.3 is 0 Å². The van der Waals surface area contributed by atoms with Gasteiger partial charge in [0.05, 0.1) is 10.7 Å². The monoisotopic (exact) mass is 208 g/mol. The Balaban J connectivity index is 2.62. The third kappa shape index (κ3) is 1.41. The summed E-state index contributed by atoms with van der Waals surface area (Å²) in [6, 6.07) is 7.96. The first-order valence-electron chi connectivity index (χ1n) is 4.75. The first-order valence-corrected chi connectivity index (χ1v) is 5.13. The normalized spacial score (nSPS) is 13.4. The van der Waals surface area contributed by atoms with Crippen molar-refractivity contribution < 1.29 is 0 Å². The van der Waals surface area contributed by atoms with Gasteiger partial charge in [0.2, 0.25) is 0 Å². The smallest absolute Gasteiger partial charge is 0.0708 e. The summed E-state index contributed by atoms with van der Waals surface area (Å²) >= 11 is 6.22. The Bertz CT molecular complexity index is 447. The zero-order valence-corrected chi connectivity index (χ0v) is 8.81. The first-order chi connectivity index (χ1) is 6.74. The van der Waals surface area contributed by atoms with Crippen molar-refractivity contribution in [2.24, 2.45) is 5.73 Å². The summed E-state index contributed by atoms with van der Waals surface area (Å²) in [5.74, 6) is 0. The van der Waals surface area contributed by atoms with Gasteiger partial charge in [-0.1, -0.05) is 36.7 Å². The van der Waals surface area contributed by atoms with Gasteiger partial charge in [0, 0.05) is 16.9 Å². The molecule has 14 heavy (non-hydrogen) atoms. The second-order valence-electron chi connectivity index (χ2n) is 3.41. The van der Waals surface area contributed by atoms with E-state index in [0.29, 0.717) is 0 Å². The summed E-state index contributed by atoms with van der Waals surface area (Å²) in [7, 11) is 0. The van der Waals surface area contributed by atoms with E-state index in [9.17, 15) is 0 Å². The van der Waals surface area contributed by atoms with Crippen LogP contribution in [0.5, 0.6) is 0 Å². The van der Waals surface area contributed by atoms with Crippen molar-refractivity contribution >= 4 is 22.5 Å². The van der Waals surface area contributed by atoms with E-state index >= 15 is 0 Å². The molecule has 0 bridgehead atoms. The van der Waals surface area contributed by atoms with E-state index < -0.39 is 0 Å². The number of aromatic amines is 1. The summed E-state index contributed by atoms with van der Waals surface area (Å²) in [6.45, 7) is 2.05. The van der Waals surface area contributed by atoms with Gasteiger partial charge in [0.1, 0.15) is 0 Å². The maximum atomic E-state index is 6.22. The number of halogens is 1. The molecule has 0 fully saturated rings. The molecule has 1 atom stereocenters. The largest absolute Gasteiger partial charge is 0.356 e. The Morgan fingerprint density at radius 3 is 2.79 bits per heavy atom. The number of aromatic nitrogens is 1. The standard InChI is InChI=1S/C11H13ClN2/c1-2-8(13)11-10(12)7-5-3-4-6-9(7)14-11/h3-6,8,14H,2,13H2,1H3/t8-/m1/s1. The third-order valence-corrected chi connectivity index (χ3v) is 2.89. The van der Waals surface area contributed by atoms with Crippen LogP contribution in [0.15, 0.2) is 24.3 Å². The minimum absolute atomic E-state index is 0.00472. The van der Waals surface area contributed by atoms with Crippen LogP contribution in [0.3, 0.4) is 0 Å². The lowest BCUT2D eigenvalue weighted by Crippen LogP contribution is -2.09. The van der Waals surface area contributed by atoms with Gasteiger partial charge in [-0.3, -0.25) is 0 Å². The van der Waals surface area contributed by atoms with E-state index in [-0.39, 0.29) is 6.04 Å². The highest BCUT2D eigenvalue weighted by Gasteiger charge is 2.13. The van der Waals surface area contributed by atoms with Gasteiger partial charge in [-0.2, -0.15) is 0 Å². The number of fused-ring (bicyclic) bond motifs is 1. The van der Waals surface area contributed by atoms with Gasteiger partial charge in [-0.05, 0) is 12.5 Å². The topological polar surface area (TPSA) is 41.8 Å². The molecule has 0 unspecified atom stereocenters. The van der Waals surface area contributed by atoms with E-state index in [1.165, 1.54) is 0 Å². The van der Waals surface area contributed by atoms with E-state index in [0.717, 1.165) is 28.0 Å². The van der Waals surface area contributed by atoms with Crippen LogP contribution >= 0.6 is 11.6 Å². The minimum atomic E-state index is -0.00472. The van der Waals surface area contributed by atoms with Crippen LogP contribution < -0.4 is 5.73 Å². The fraction of sp³-hybridized carbons (Fsp3) is 0.273. The van der Waals surface area contributed by atoms with Crippen LogP contribution in [0, 0.1) is 0 Å². The van der Waals surface area contributed by atoms with Gasteiger partial charge < -0.3 is 10.7 Å². The SMILES string of the molecule is CC[C@@H](N)c1[nH]c2ccccc2c1Cl. The number of hydrogen-bond donors (Lipinski definition) is 2. The zero-order valence-electron chi connectivity index (χ0n) is 8.05. The Hall–Kier alpha value is -0.990. The van der Waals surface area contributed by atoms with Crippen LogP contribution in [0.4, 0.5) is 0 Å². The summed E-state index contributed by atoms with van der Waals surface area (Å²) in [5.41, 5.74) is 7.94. The molecule has 2 rings (SSSR count). The summed E-state index contributed by atoms with van der Waals surface area (Å²) in [6.07, 6.45) is 0.881. The highest BCUT2D eigenvalue weighted by Crippen LogP contribution is 2.30. The lowest BCUT2D eigenvalue weighted by atomic mass is 10.1. The molecule has 1 aromatic heterocycles. The Labute approximate surface area is 88.1 Å². The van der Waals surface area contributed by atoms with Crippen LogP contribution in [0.2, 0.25) is 5.02 Å². The number of nitrogens with two attached hydrogens (primary N) is 1. The molecular weight excluding hydrogens is 196 g/mol. The Morgan fingerprint density at radius 1 is 1.43 bits per heavy atom. The van der Waals surface area contributed by atoms with Gasteiger partial charge in [0.15, 0.2) is 0 Å².